The highest BCUT2D eigenvalue weighted by Gasteiger charge is 2.45. The predicted molar refractivity (Wildman–Crippen MR) is 81.3 cm³/mol. The highest BCUT2D eigenvalue weighted by Crippen LogP contribution is 2.35. The number of methoxy groups -OCH3 is 1. The maximum atomic E-state index is 12.8. The van der Waals surface area contributed by atoms with Crippen molar-refractivity contribution in [2.75, 3.05) is 32.6 Å². The van der Waals surface area contributed by atoms with Crippen LogP contribution in [0.15, 0.2) is 0 Å². The molecule has 3 unspecified atom stereocenters. The first-order valence-electron chi connectivity index (χ1n) is 7.36. The number of carboxylic acid groups (broad SMARTS) is 1. The number of carbonyl (C=O) groups excluding carboxylic acids is 1. The second-order valence-corrected chi connectivity index (χ2v) is 7.22. The van der Waals surface area contributed by atoms with Crippen molar-refractivity contribution in [3.63, 3.8) is 0 Å². The second kappa shape index (κ2) is 6.87. The molecule has 120 valence electrons. The van der Waals surface area contributed by atoms with Gasteiger partial charge in [0.25, 0.3) is 0 Å². The van der Waals surface area contributed by atoms with E-state index in [2.05, 4.69) is 0 Å². The van der Waals surface area contributed by atoms with Crippen LogP contribution < -0.4 is 0 Å². The van der Waals surface area contributed by atoms with Crippen molar-refractivity contribution in [3.8, 4) is 0 Å². The van der Waals surface area contributed by atoms with Crippen molar-refractivity contribution < 1.29 is 19.4 Å². The van der Waals surface area contributed by atoms with Gasteiger partial charge < -0.3 is 14.7 Å². The van der Waals surface area contributed by atoms with Gasteiger partial charge in [-0.25, -0.2) is 9.59 Å². The summed E-state index contributed by atoms with van der Waals surface area (Å²) in [5.74, 6) is 0.154. The average molecular weight is 316 g/mol. The lowest BCUT2D eigenvalue weighted by Gasteiger charge is -2.33. The highest BCUT2D eigenvalue weighted by atomic mass is 32.2. The summed E-state index contributed by atoms with van der Waals surface area (Å²) >= 11 is 1.57. The summed E-state index contributed by atoms with van der Waals surface area (Å²) in [6, 6.07) is -0.846. The average Bonchev–Trinajstić information content (AvgIpc) is 3.04. The van der Waals surface area contributed by atoms with E-state index in [0.717, 1.165) is 6.42 Å². The van der Waals surface area contributed by atoms with Crippen LogP contribution in [0.25, 0.3) is 0 Å². The van der Waals surface area contributed by atoms with Gasteiger partial charge in [-0.15, -0.1) is 11.8 Å². The Balaban J connectivity index is 2.09. The van der Waals surface area contributed by atoms with E-state index in [9.17, 15) is 14.7 Å². The van der Waals surface area contributed by atoms with Crippen LogP contribution in [-0.4, -0.2) is 70.9 Å². The first-order valence-corrected chi connectivity index (χ1v) is 8.41. The predicted octanol–water partition coefficient (Wildman–Crippen LogP) is 1.56. The Hall–Kier alpha value is -0.950. The fourth-order valence-electron chi connectivity index (χ4n) is 3.02. The van der Waals surface area contributed by atoms with Gasteiger partial charge in [0.15, 0.2) is 0 Å². The lowest BCUT2D eigenvalue weighted by atomic mass is 10.1. The lowest BCUT2D eigenvalue weighted by Crippen LogP contribution is -2.52. The number of urea groups is 1. The van der Waals surface area contributed by atoms with Crippen LogP contribution >= 0.6 is 11.8 Å². The SMILES string of the molecule is COCC1CCN(C(=O)N2C(C(=O)O)CSC2C(C)C)C1. The third-order valence-corrected chi connectivity index (χ3v) is 5.69. The fraction of sp³-hybridized carbons (Fsp3) is 0.857. The number of rotatable bonds is 4. The Labute approximate surface area is 129 Å². The van der Waals surface area contributed by atoms with Crippen molar-refractivity contribution in [3.05, 3.63) is 0 Å². The molecule has 6 nitrogen and oxygen atoms in total. The van der Waals surface area contributed by atoms with Gasteiger partial charge in [0.1, 0.15) is 6.04 Å². The Morgan fingerprint density at radius 1 is 1.43 bits per heavy atom. The molecule has 1 N–H and O–H groups in total. The topological polar surface area (TPSA) is 70.1 Å². The minimum atomic E-state index is -0.911. The van der Waals surface area contributed by atoms with Gasteiger partial charge in [-0.2, -0.15) is 0 Å². The molecule has 2 saturated heterocycles. The Morgan fingerprint density at radius 2 is 2.14 bits per heavy atom. The molecule has 2 amide bonds. The van der Waals surface area contributed by atoms with Crippen molar-refractivity contribution >= 4 is 23.8 Å². The molecular weight excluding hydrogens is 292 g/mol. The van der Waals surface area contributed by atoms with Crippen molar-refractivity contribution in [1.29, 1.82) is 0 Å². The van der Waals surface area contributed by atoms with E-state index >= 15 is 0 Å². The van der Waals surface area contributed by atoms with Gasteiger partial charge in [0.05, 0.1) is 12.0 Å². The number of amides is 2. The lowest BCUT2D eigenvalue weighted by molar-refractivity contribution is -0.141. The standard InChI is InChI=1S/C14H24N2O4S/c1-9(2)12-16(11(8-21-12)13(17)18)14(19)15-5-4-10(6-15)7-20-3/h9-12H,4-8H2,1-3H3,(H,17,18). The second-order valence-electron chi connectivity index (χ2n) is 6.07. The molecule has 0 spiro atoms. The maximum Gasteiger partial charge on any atom is 0.327 e. The molecule has 0 aromatic carbocycles. The first-order chi connectivity index (χ1) is 9.95. The number of carboxylic acids is 1. The number of nitrogens with zero attached hydrogens (tertiary/aromatic N) is 2. The zero-order valence-electron chi connectivity index (χ0n) is 12.8. The summed E-state index contributed by atoms with van der Waals surface area (Å²) in [6.45, 7) is 6.05. The third kappa shape index (κ3) is 3.45. The smallest absolute Gasteiger partial charge is 0.327 e. The third-order valence-electron chi connectivity index (χ3n) is 4.07. The van der Waals surface area contributed by atoms with Crippen molar-refractivity contribution in [2.24, 2.45) is 11.8 Å². The quantitative estimate of drug-likeness (QED) is 0.852. The molecule has 21 heavy (non-hydrogen) atoms. The zero-order valence-corrected chi connectivity index (χ0v) is 13.6. The van der Waals surface area contributed by atoms with E-state index in [-0.39, 0.29) is 17.3 Å². The van der Waals surface area contributed by atoms with Crippen LogP contribution in [0.4, 0.5) is 4.79 Å². The highest BCUT2D eigenvalue weighted by molar-refractivity contribution is 8.00. The molecule has 0 bridgehead atoms. The number of thioether (sulfide) groups is 1. The molecule has 3 atom stereocenters. The van der Waals surface area contributed by atoms with Gasteiger partial charge in [-0.1, -0.05) is 13.8 Å². The van der Waals surface area contributed by atoms with Crippen LogP contribution in [0.2, 0.25) is 0 Å². The molecule has 2 fully saturated rings. The number of ether oxygens (including phenoxy) is 1. The normalized spacial score (nSPS) is 29.4. The fourth-order valence-corrected chi connectivity index (χ4v) is 4.48. The molecule has 2 rings (SSSR count). The van der Waals surface area contributed by atoms with Gasteiger partial charge in [-0.05, 0) is 12.3 Å². The van der Waals surface area contributed by atoms with Gasteiger partial charge >= 0.3 is 12.0 Å². The monoisotopic (exact) mass is 316 g/mol. The summed E-state index contributed by atoms with van der Waals surface area (Å²) in [5, 5.41) is 9.31. The van der Waals surface area contributed by atoms with Crippen LogP contribution in [0.1, 0.15) is 20.3 Å². The number of aliphatic carboxylic acids is 1. The number of hydrogen-bond acceptors (Lipinski definition) is 4. The van der Waals surface area contributed by atoms with E-state index in [0.29, 0.717) is 31.4 Å². The van der Waals surface area contributed by atoms with Crippen LogP contribution in [-0.2, 0) is 9.53 Å². The first kappa shape index (κ1) is 16.4. The summed E-state index contributed by atoms with van der Waals surface area (Å²) in [5.41, 5.74) is 0. The van der Waals surface area contributed by atoms with E-state index in [1.807, 2.05) is 13.8 Å². The maximum absolute atomic E-state index is 12.8. The molecule has 2 heterocycles. The van der Waals surface area contributed by atoms with Crippen molar-refractivity contribution in [1.82, 2.24) is 9.80 Å². The molecule has 0 aromatic heterocycles. The molecule has 0 radical (unpaired) electrons. The van der Waals surface area contributed by atoms with Crippen LogP contribution in [0, 0.1) is 11.8 Å². The molecule has 0 aromatic rings. The van der Waals surface area contributed by atoms with Gasteiger partial charge in [0, 0.05) is 31.9 Å². The Morgan fingerprint density at radius 3 is 2.71 bits per heavy atom. The minimum Gasteiger partial charge on any atom is -0.480 e. The number of hydrogen-bond donors (Lipinski definition) is 1. The summed E-state index contributed by atoms with van der Waals surface area (Å²) < 4.78 is 5.15. The van der Waals surface area contributed by atoms with Crippen molar-refractivity contribution in [2.45, 2.75) is 31.7 Å². The molecule has 7 heteroatoms. The van der Waals surface area contributed by atoms with Gasteiger partial charge in [0.2, 0.25) is 0 Å². The van der Waals surface area contributed by atoms with Crippen LogP contribution in [0.3, 0.4) is 0 Å². The largest absolute Gasteiger partial charge is 0.480 e. The van der Waals surface area contributed by atoms with E-state index in [4.69, 9.17) is 4.74 Å². The number of likely N-dealkylation sites (tertiary alicyclic amines) is 1. The molecule has 0 aliphatic carbocycles. The van der Waals surface area contributed by atoms with Gasteiger partial charge in [-0.3, -0.25) is 4.90 Å². The molecule has 2 aliphatic heterocycles. The zero-order chi connectivity index (χ0) is 15.6. The summed E-state index contributed by atoms with van der Waals surface area (Å²) in [6.07, 6.45) is 0.921. The number of carbonyl (C=O) groups is 2. The van der Waals surface area contributed by atoms with Crippen LogP contribution in [0.5, 0.6) is 0 Å². The minimum absolute atomic E-state index is 0.0555. The Bertz CT molecular complexity index is 404. The molecule has 0 saturated carbocycles. The summed E-state index contributed by atoms with van der Waals surface area (Å²) in [4.78, 5) is 27.5. The molecule has 2 aliphatic rings. The Kier molecular flexibility index (Phi) is 5.37. The van der Waals surface area contributed by atoms with E-state index in [1.54, 1.807) is 28.7 Å². The molecular formula is C14H24N2O4S. The summed E-state index contributed by atoms with van der Waals surface area (Å²) in [7, 11) is 1.66. The van der Waals surface area contributed by atoms with E-state index < -0.39 is 12.0 Å². The van der Waals surface area contributed by atoms with E-state index in [1.165, 1.54) is 0 Å².